The second kappa shape index (κ2) is 4.81. The van der Waals surface area contributed by atoms with Crippen molar-refractivity contribution in [3.05, 3.63) is 34.9 Å². The Hall–Kier alpha value is -0.820. The summed E-state index contributed by atoms with van der Waals surface area (Å²) in [7, 11) is 0. The van der Waals surface area contributed by atoms with E-state index in [0.29, 0.717) is 5.92 Å². The summed E-state index contributed by atoms with van der Waals surface area (Å²) in [4.78, 5) is 0. The van der Waals surface area contributed by atoms with Crippen LogP contribution in [0.15, 0.2) is 18.2 Å². The highest BCUT2D eigenvalue weighted by molar-refractivity contribution is 5.35. The zero-order valence-electron chi connectivity index (χ0n) is 11.3. The molecule has 0 amide bonds. The molecule has 1 fully saturated rings. The van der Waals surface area contributed by atoms with Crippen molar-refractivity contribution in [1.29, 1.82) is 0 Å². The smallest absolute Gasteiger partial charge is 0.0716 e. The Morgan fingerprint density at radius 1 is 1.29 bits per heavy atom. The van der Waals surface area contributed by atoms with Gasteiger partial charge in [-0.05, 0) is 49.3 Å². The Morgan fingerprint density at radius 3 is 2.53 bits per heavy atom. The monoisotopic (exact) mass is 232 g/mol. The van der Waals surface area contributed by atoms with E-state index in [1.54, 1.807) is 0 Å². The molecule has 0 aliphatic heterocycles. The molecule has 0 radical (unpaired) electrons. The first-order valence-corrected chi connectivity index (χ1v) is 6.84. The van der Waals surface area contributed by atoms with Gasteiger partial charge >= 0.3 is 0 Å². The van der Waals surface area contributed by atoms with Crippen LogP contribution in [0.2, 0.25) is 0 Å². The fourth-order valence-electron chi connectivity index (χ4n) is 3.38. The van der Waals surface area contributed by atoms with E-state index in [1.165, 1.54) is 29.5 Å². The third-order valence-corrected chi connectivity index (χ3v) is 4.54. The van der Waals surface area contributed by atoms with Crippen molar-refractivity contribution in [1.82, 2.24) is 0 Å². The molecule has 1 aliphatic carbocycles. The van der Waals surface area contributed by atoms with Gasteiger partial charge in [0.15, 0.2) is 0 Å². The van der Waals surface area contributed by atoms with E-state index in [0.717, 1.165) is 19.3 Å². The zero-order valence-corrected chi connectivity index (χ0v) is 11.3. The van der Waals surface area contributed by atoms with Gasteiger partial charge in [-0.15, -0.1) is 0 Å². The van der Waals surface area contributed by atoms with Gasteiger partial charge in [0, 0.05) is 6.42 Å². The van der Waals surface area contributed by atoms with Crippen LogP contribution in [-0.4, -0.2) is 10.7 Å². The van der Waals surface area contributed by atoms with Gasteiger partial charge in [-0.2, -0.15) is 0 Å². The van der Waals surface area contributed by atoms with Crippen molar-refractivity contribution in [3.63, 3.8) is 0 Å². The molecule has 1 heteroatoms. The molecule has 1 nitrogen and oxygen atoms in total. The summed E-state index contributed by atoms with van der Waals surface area (Å²) in [6, 6.07) is 6.41. The van der Waals surface area contributed by atoms with Crippen LogP contribution in [0.3, 0.4) is 0 Å². The van der Waals surface area contributed by atoms with Gasteiger partial charge in [0.2, 0.25) is 0 Å². The van der Waals surface area contributed by atoms with E-state index < -0.39 is 5.60 Å². The Balaban J connectivity index is 2.25. The molecule has 1 N–H and O–H groups in total. The molecule has 1 aromatic carbocycles. The van der Waals surface area contributed by atoms with Crippen LogP contribution in [0, 0.1) is 19.8 Å². The fourth-order valence-corrected chi connectivity index (χ4v) is 3.38. The lowest BCUT2D eigenvalue weighted by Crippen LogP contribution is -2.35. The van der Waals surface area contributed by atoms with Gasteiger partial charge in [-0.3, -0.25) is 0 Å². The zero-order chi connectivity index (χ0) is 12.5. The highest BCUT2D eigenvalue weighted by Crippen LogP contribution is 2.40. The summed E-state index contributed by atoms with van der Waals surface area (Å²) in [5.41, 5.74) is 3.54. The summed E-state index contributed by atoms with van der Waals surface area (Å²) in [6.07, 6.45) is 5.28. The van der Waals surface area contributed by atoms with E-state index in [-0.39, 0.29) is 0 Å². The Morgan fingerprint density at radius 2 is 1.94 bits per heavy atom. The average Bonchev–Trinajstić information content (AvgIpc) is 2.65. The summed E-state index contributed by atoms with van der Waals surface area (Å²) >= 11 is 0. The molecule has 0 bridgehead atoms. The lowest BCUT2D eigenvalue weighted by molar-refractivity contribution is 0.00121. The molecule has 1 aromatic rings. The molecule has 0 saturated heterocycles. The second-order valence-corrected chi connectivity index (χ2v) is 5.65. The lowest BCUT2D eigenvalue weighted by atomic mass is 9.81. The van der Waals surface area contributed by atoms with E-state index in [1.807, 2.05) is 0 Å². The number of hydrogen-bond donors (Lipinski definition) is 1. The van der Waals surface area contributed by atoms with Gasteiger partial charge in [0.1, 0.15) is 0 Å². The Labute approximate surface area is 105 Å². The molecule has 2 atom stereocenters. The van der Waals surface area contributed by atoms with Gasteiger partial charge in [-0.1, -0.05) is 38.0 Å². The van der Waals surface area contributed by atoms with Crippen LogP contribution < -0.4 is 0 Å². The van der Waals surface area contributed by atoms with Crippen molar-refractivity contribution < 1.29 is 5.11 Å². The first kappa shape index (κ1) is 12.6. The maximum Gasteiger partial charge on any atom is 0.0716 e. The van der Waals surface area contributed by atoms with Gasteiger partial charge in [-0.25, -0.2) is 0 Å². The molecule has 2 rings (SSSR count). The quantitative estimate of drug-likeness (QED) is 0.840. The van der Waals surface area contributed by atoms with Crippen molar-refractivity contribution in [2.75, 3.05) is 0 Å². The number of aliphatic hydroxyl groups is 1. The molecule has 0 spiro atoms. The van der Waals surface area contributed by atoms with Crippen molar-refractivity contribution in [2.24, 2.45) is 5.92 Å². The predicted octanol–water partition coefficient (Wildman–Crippen LogP) is 3.79. The molecule has 94 valence electrons. The third kappa shape index (κ3) is 2.40. The first-order valence-electron chi connectivity index (χ1n) is 6.84. The summed E-state index contributed by atoms with van der Waals surface area (Å²) < 4.78 is 0. The molecule has 0 aromatic heterocycles. The lowest BCUT2D eigenvalue weighted by Gasteiger charge is -2.31. The fraction of sp³-hybridized carbons (Fsp3) is 0.625. The van der Waals surface area contributed by atoms with E-state index >= 15 is 0 Å². The minimum Gasteiger partial charge on any atom is -0.389 e. The van der Waals surface area contributed by atoms with Crippen LogP contribution in [-0.2, 0) is 6.42 Å². The van der Waals surface area contributed by atoms with E-state index in [9.17, 15) is 5.11 Å². The molecule has 0 heterocycles. The van der Waals surface area contributed by atoms with Crippen LogP contribution in [0.1, 0.15) is 49.3 Å². The van der Waals surface area contributed by atoms with Crippen molar-refractivity contribution in [2.45, 2.75) is 58.5 Å². The molecular formula is C16H24O. The van der Waals surface area contributed by atoms with Crippen LogP contribution in [0.4, 0.5) is 0 Å². The van der Waals surface area contributed by atoms with E-state index in [2.05, 4.69) is 39.0 Å². The van der Waals surface area contributed by atoms with E-state index in [4.69, 9.17) is 0 Å². The Bertz CT molecular complexity index is 376. The number of rotatable bonds is 3. The Kier molecular flexibility index (Phi) is 3.58. The molecule has 2 unspecified atom stereocenters. The number of hydrogen-bond acceptors (Lipinski definition) is 1. The van der Waals surface area contributed by atoms with Gasteiger partial charge in [0.05, 0.1) is 5.60 Å². The summed E-state index contributed by atoms with van der Waals surface area (Å²) in [6.45, 7) is 6.51. The van der Waals surface area contributed by atoms with Crippen LogP contribution in [0.25, 0.3) is 0 Å². The van der Waals surface area contributed by atoms with Crippen LogP contribution >= 0.6 is 0 Å². The van der Waals surface area contributed by atoms with Crippen LogP contribution in [0.5, 0.6) is 0 Å². The maximum absolute atomic E-state index is 10.9. The molecule has 1 aliphatic rings. The van der Waals surface area contributed by atoms with Crippen molar-refractivity contribution in [3.8, 4) is 0 Å². The largest absolute Gasteiger partial charge is 0.389 e. The normalized spacial score (nSPS) is 28.6. The number of aryl methyl sites for hydroxylation is 2. The highest BCUT2D eigenvalue weighted by atomic mass is 16.3. The minimum absolute atomic E-state index is 0.453. The summed E-state index contributed by atoms with van der Waals surface area (Å²) in [5.74, 6) is 0.488. The van der Waals surface area contributed by atoms with Gasteiger partial charge < -0.3 is 5.11 Å². The molecule has 1 saturated carbocycles. The SMILES string of the molecule is CCC1CCCC1(O)Cc1c(C)cccc1C. The second-order valence-electron chi connectivity index (χ2n) is 5.65. The van der Waals surface area contributed by atoms with Crippen molar-refractivity contribution >= 4 is 0 Å². The standard InChI is InChI=1S/C16H24O/c1-4-14-9-6-10-16(14,17)11-15-12(2)7-5-8-13(15)3/h5,7-8,14,17H,4,6,9-11H2,1-3H3. The summed E-state index contributed by atoms with van der Waals surface area (Å²) in [5, 5.41) is 10.9. The molecular weight excluding hydrogens is 208 g/mol. The minimum atomic E-state index is -0.453. The van der Waals surface area contributed by atoms with Gasteiger partial charge in [0.25, 0.3) is 0 Å². The maximum atomic E-state index is 10.9. The average molecular weight is 232 g/mol. The third-order valence-electron chi connectivity index (χ3n) is 4.54. The number of benzene rings is 1. The topological polar surface area (TPSA) is 20.2 Å². The molecule has 17 heavy (non-hydrogen) atoms. The first-order chi connectivity index (χ1) is 8.07. The predicted molar refractivity (Wildman–Crippen MR) is 72.2 cm³/mol. The highest BCUT2D eigenvalue weighted by Gasteiger charge is 2.40.